The molecule has 3 unspecified atom stereocenters. The van der Waals surface area contributed by atoms with E-state index in [1.54, 1.807) is 0 Å². The van der Waals surface area contributed by atoms with E-state index >= 15 is 13.2 Å². The second kappa shape index (κ2) is 26.9. The average Bonchev–Trinajstić information content (AvgIpc) is 0.725. The summed E-state index contributed by atoms with van der Waals surface area (Å²) in [7, 11) is 0. The molecule has 0 spiro atoms. The van der Waals surface area contributed by atoms with Crippen LogP contribution in [0.4, 0.5) is 184 Å². The van der Waals surface area contributed by atoms with Gasteiger partial charge in [0.25, 0.3) is 0 Å². The number of alkyl halides is 42. The maximum absolute atomic E-state index is 15.5. The molecular formula is C46H42F42O3S3. The number of phenols is 1. The predicted octanol–water partition coefficient (Wildman–Crippen LogP) is 20.9. The van der Waals surface area contributed by atoms with E-state index in [0.717, 1.165) is 12.1 Å². The van der Waals surface area contributed by atoms with Crippen LogP contribution in [0.3, 0.4) is 0 Å². The Kier molecular flexibility index (Phi) is 25.4. The summed E-state index contributed by atoms with van der Waals surface area (Å²) in [5.74, 6) is -135. The van der Waals surface area contributed by atoms with Gasteiger partial charge < -0.3 is 9.84 Å². The minimum absolute atomic E-state index is 0.0516. The Morgan fingerprint density at radius 1 is 0.372 bits per heavy atom. The van der Waals surface area contributed by atoms with E-state index in [4.69, 9.17) is 4.74 Å². The van der Waals surface area contributed by atoms with Crippen molar-refractivity contribution >= 4 is 41.3 Å². The van der Waals surface area contributed by atoms with Gasteiger partial charge in [0.2, 0.25) is 0 Å². The summed E-state index contributed by atoms with van der Waals surface area (Å²) < 4.78 is 591. The van der Waals surface area contributed by atoms with Gasteiger partial charge in [0.05, 0.1) is 25.9 Å². The van der Waals surface area contributed by atoms with E-state index in [1.165, 1.54) is 41.5 Å². The van der Waals surface area contributed by atoms with Crippen molar-refractivity contribution in [1.29, 1.82) is 0 Å². The van der Waals surface area contributed by atoms with Crippen LogP contribution in [0, 0.1) is 5.41 Å². The fourth-order valence-electron chi connectivity index (χ4n) is 7.16. The number of esters is 1. The van der Waals surface area contributed by atoms with Crippen molar-refractivity contribution in [3.05, 3.63) is 28.8 Å². The van der Waals surface area contributed by atoms with Crippen molar-refractivity contribution in [2.75, 3.05) is 23.9 Å². The maximum atomic E-state index is 15.5. The highest BCUT2D eigenvalue weighted by atomic mass is 32.2. The van der Waals surface area contributed by atoms with Crippen molar-refractivity contribution in [2.24, 2.45) is 5.41 Å². The molecule has 0 aromatic heterocycles. The zero-order chi connectivity index (χ0) is 75.7. The van der Waals surface area contributed by atoms with Gasteiger partial charge in [-0.25, -0.2) is 13.2 Å². The Bertz CT molecular complexity index is 2480. The van der Waals surface area contributed by atoms with Crippen LogP contribution in [0.1, 0.15) is 83.9 Å². The fourth-order valence-corrected chi connectivity index (χ4v) is 11.0. The lowest BCUT2D eigenvalue weighted by Crippen LogP contribution is -2.70. The van der Waals surface area contributed by atoms with Crippen molar-refractivity contribution in [3.8, 4) is 5.75 Å². The number of carbonyl (C=O) groups excluding carboxylic acids is 1. The molecule has 0 bridgehead atoms. The minimum atomic E-state index is -8.73. The third-order valence-corrected chi connectivity index (χ3v) is 16.8. The Balaban J connectivity index is 4.37. The number of hydrogen-bond donors (Lipinski definition) is 1. The predicted molar refractivity (Wildman–Crippen MR) is 246 cm³/mol. The summed E-state index contributed by atoms with van der Waals surface area (Å²) in [6.45, 7) is 6.44. The molecule has 0 radical (unpaired) electrons. The highest BCUT2D eigenvalue weighted by Crippen LogP contribution is 2.65. The molecule has 1 rings (SSSR count). The van der Waals surface area contributed by atoms with Gasteiger partial charge in [-0.2, -0.15) is 171 Å². The van der Waals surface area contributed by atoms with Crippen LogP contribution >= 0.6 is 35.3 Å². The number of benzene rings is 1. The highest BCUT2D eigenvalue weighted by Gasteiger charge is 2.93. The first-order chi connectivity index (χ1) is 40.7. The van der Waals surface area contributed by atoms with Gasteiger partial charge in [0.15, 0.2) is 16.5 Å². The molecule has 0 fully saturated rings. The Labute approximate surface area is 511 Å². The molecule has 3 nitrogen and oxygen atoms in total. The molecule has 0 saturated carbocycles. The number of ether oxygens (including phenoxy) is 1. The lowest BCUT2D eigenvalue weighted by molar-refractivity contribution is -0.440. The summed E-state index contributed by atoms with van der Waals surface area (Å²) in [6.07, 6.45) is -38.3. The van der Waals surface area contributed by atoms with Crippen LogP contribution in [-0.4, -0.2) is 159 Å². The summed E-state index contributed by atoms with van der Waals surface area (Å²) in [6, 6.07) is 2.29. The second-order valence-electron chi connectivity index (χ2n) is 22.5. The minimum Gasteiger partial charge on any atom is -0.507 e. The average molecular weight is 1540 g/mol. The molecule has 0 aliphatic rings. The van der Waals surface area contributed by atoms with Crippen LogP contribution in [0.15, 0.2) is 12.1 Å². The summed E-state index contributed by atoms with van der Waals surface area (Å²) in [5, 5.41) is 11.0. The van der Waals surface area contributed by atoms with Crippen LogP contribution in [0.5, 0.6) is 5.75 Å². The largest absolute Gasteiger partial charge is 0.507 e. The van der Waals surface area contributed by atoms with Crippen molar-refractivity contribution in [1.82, 2.24) is 0 Å². The molecule has 3 atom stereocenters. The molecule has 556 valence electrons. The van der Waals surface area contributed by atoms with Gasteiger partial charge in [-0.15, -0.1) is 35.3 Å². The fraction of sp³-hybridized carbons (Fsp3) is 0.848. The monoisotopic (exact) mass is 1540 g/mol. The van der Waals surface area contributed by atoms with Gasteiger partial charge in [0, 0.05) is 29.1 Å². The molecule has 0 aliphatic carbocycles. The first kappa shape index (κ1) is 88.6. The number of thioether (sulfide) groups is 3. The van der Waals surface area contributed by atoms with Gasteiger partial charge in [-0.1, -0.05) is 53.7 Å². The molecule has 0 saturated heterocycles. The molecule has 0 heterocycles. The Hall–Kier alpha value is -3.40. The first-order valence-electron chi connectivity index (χ1n) is 24.3. The van der Waals surface area contributed by atoms with Crippen LogP contribution in [0.25, 0.3) is 0 Å². The smallest absolute Gasteiger partial charge is 0.460 e. The Morgan fingerprint density at radius 3 is 0.787 bits per heavy atom. The van der Waals surface area contributed by atoms with Gasteiger partial charge in [-0.05, 0) is 33.9 Å². The van der Waals surface area contributed by atoms with E-state index < -0.39 is 243 Å². The van der Waals surface area contributed by atoms with Crippen LogP contribution in [-0.2, 0) is 26.8 Å². The summed E-state index contributed by atoms with van der Waals surface area (Å²) in [4.78, 5) is 13.3. The quantitative estimate of drug-likeness (QED) is 0.0573. The second-order valence-corrected chi connectivity index (χ2v) is 25.9. The zero-order valence-corrected chi connectivity index (χ0v) is 49.1. The number of halogens is 42. The number of rotatable bonds is 32. The summed E-state index contributed by atoms with van der Waals surface area (Å²) in [5.41, 5.74) is -19.6. The van der Waals surface area contributed by atoms with E-state index in [9.17, 15) is 181 Å². The lowest BCUT2D eigenvalue weighted by Gasteiger charge is -2.40. The topological polar surface area (TPSA) is 46.5 Å². The molecule has 1 N–H and O–H groups in total. The van der Waals surface area contributed by atoms with E-state index in [2.05, 4.69) is 0 Å². The number of phenolic OH excluding ortho intramolecular Hbond substituents is 1. The normalized spacial score (nSPS) is 17.3. The van der Waals surface area contributed by atoms with Crippen molar-refractivity contribution in [3.63, 3.8) is 0 Å². The lowest BCUT2D eigenvalue weighted by atomic mass is 9.78. The van der Waals surface area contributed by atoms with Gasteiger partial charge >= 0.3 is 113 Å². The SMILES string of the molecule is CC(C)(C)c1cc(CCC(=O)OCC(CSC(F)CC(F)(F)C(F)(F)C(F)(F)C(F)(F)C(F)(F)C(F)(F)F)(CSC(F)CC(F)(F)C(F)(F)C(F)(F)C(F)(F)C(F)(F)C(F)(F)F)CSC(F)CC(F)(F)C(F)(F)C(F)(F)C(F)(F)C(F)(F)C(F)(F)F)cc(C(C)(C)C)c1O. The third-order valence-electron chi connectivity index (χ3n) is 12.9. The Morgan fingerprint density at radius 2 is 0.585 bits per heavy atom. The van der Waals surface area contributed by atoms with Crippen molar-refractivity contribution < 1.29 is 199 Å². The van der Waals surface area contributed by atoms with Crippen LogP contribution < -0.4 is 0 Å². The number of carbonyl (C=O) groups is 1. The maximum Gasteiger partial charge on any atom is 0.460 e. The van der Waals surface area contributed by atoms with Crippen LogP contribution in [0.2, 0.25) is 0 Å². The van der Waals surface area contributed by atoms with E-state index in [0.29, 0.717) is 0 Å². The highest BCUT2D eigenvalue weighted by molar-refractivity contribution is 8.01. The third kappa shape index (κ3) is 16.4. The van der Waals surface area contributed by atoms with Gasteiger partial charge in [0.1, 0.15) is 5.75 Å². The molecule has 1 aromatic carbocycles. The standard InChI is InChI=1S/C46H42F42O3S3/c1-26(2,3)19-9-18(10-20(25(19)90)27(4,5)6)7-8-24(89)91-14-28(15-92-21(47)11-29(50,51)32(56,57)35(62,63)38(68,69)41(74,75)44(80,81)82,16-93-22(48)12-30(52,53)33(58,59)36(64,65)39(70,71)42(76,77)45(83,84)85)17-94-23(49)13-31(54,55)34(60,61)37(66,67)40(72,73)43(78,79)46(86,87)88/h9-10,21-23,90H,7-8,11-17H2,1-6H3. The summed E-state index contributed by atoms with van der Waals surface area (Å²) >= 11 is -4.71. The number of aryl methyl sites for hydroxylation is 1. The molecule has 0 amide bonds. The molecule has 48 heteroatoms. The number of hydrogen-bond acceptors (Lipinski definition) is 6. The molecule has 1 aromatic rings. The van der Waals surface area contributed by atoms with Crippen molar-refractivity contribution in [2.45, 2.75) is 208 Å². The van der Waals surface area contributed by atoms with E-state index in [-0.39, 0.29) is 16.7 Å². The first-order valence-corrected chi connectivity index (χ1v) is 27.5. The van der Waals surface area contributed by atoms with E-state index in [1.807, 2.05) is 0 Å². The molecule has 94 heavy (non-hydrogen) atoms. The number of aromatic hydroxyl groups is 1. The molecule has 0 aliphatic heterocycles. The zero-order valence-electron chi connectivity index (χ0n) is 46.6. The molecular weight excluding hydrogens is 1490 g/mol. The van der Waals surface area contributed by atoms with Gasteiger partial charge in [-0.3, -0.25) is 4.79 Å².